The van der Waals surface area contributed by atoms with Crippen LogP contribution in [0.5, 0.6) is 0 Å². The molecule has 0 radical (unpaired) electrons. The number of nitrogens with one attached hydrogen (secondary N) is 1. The van der Waals surface area contributed by atoms with E-state index in [4.69, 9.17) is 0 Å². The fourth-order valence-corrected chi connectivity index (χ4v) is 4.82. The van der Waals surface area contributed by atoms with Crippen LogP contribution < -0.4 is 5.32 Å². The molecule has 0 bridgehead atoms. The highest BCUT2D eigenvalue weighted by atomic mass is 32.2. The van der Waals surface area contributed by atoms with E-state index < -0.39 is 10.0 Å². The van der Waals surface area contributed by atoms with Crippen molar-refractivity contribution in [1.29, 1.82) is 0 Å². The summed E-state index contributed by atoms with van der Waals surface area (Å²) in [6.45, 7) is 0. The van der Waals surface area contributed by atoms with Gasteiger partial charge in [-0.1, -0.05) is 19.3 Å². The number of aryl methyl sites for hydroxylation is 1. The topological polar surface area (TPSA) is 84.3 Å². The molecule has 0 spiro atoms. The summed E-state index contributed by atoms with van der Waals surface area (Å²) < 4.78 is 28.8. The highest BCUT2D eigenvalue weighted by molar-refractivity contribution is 7.89. The molecule has 1 aliphatic rings. The fourth-order valence-electron chi connectivity index (χ4n) is 3.40. The average molecular weight is 403 g/mol. The maximum Gasteiger partial charge on any atom is 0.248 e. The highest BCUT2D eigenvalue weighted by Gasteiger charge is 2.28. The molecule has 8 heteroatoms. The first kappa shape index (κ1) is 20.3. The second kappa shape index (κ2) is 8.70. The number of carbonyl (C=O) groups excluding carboxylic acids is 1. The van der Waals surface area contributed by atoms with Gasteiger partial charge in [0.1, 0.15) is 0 Å². The number of hydrogen-bond donors (Lipinski definition) is 1. The molecule has 1 aliphatic carbocycles. The normalized spacial score (nSPS) is 16.0. The Kier molecular flexibility index (Phi) is 6.31. The summed E-state index contributed by atoms with van der Waals surface area (Å²) in [4.78, 5) is 12.3. The van der Waals surface area contributed by atoms with Gasteiger partial charge in [0.15, 0.2) is 0 Å². The lowest BCUT2D eigenvalue weighted by molar-refractivity contribution is -0.111. The Balaban J connectivity index is 1.63. The predicted octanol–water partition coefficient (Wildman–Crippen LogP) is 3.03. The van der Waals surface area contributed by atoms with Crippen LogP contribution in [0.2, 0.25) is 0 Å². The Morgan fingerprint density at radius 1 is 1.21 bits per heavy atom. The van der Waals surface area contributed by atoms with Crippen LogP contribution >= 0.6 is 0 Å². The van der Waals surface area contributed by atoms with Crippen molar-refractivity contribution in [3.8, 4) is 0 Å². The van der Waals surface area contributed by atoms with Crippen LogP contribution in [-0.4, -0.2) is 41.5 Å². The molecule has 0 aliphatic heterocycles. The third-order valence-electron chi connectivity index (χ3n) is 5.04. The Morgan fingerprint density at radius 3 is 2.50 bits per heavy atom. The zero-order chi connectivity index (χ0) is 20.1. The van der Waals surface area contributed by atoms with Crippen LogP contribution in [0.3, 0.4) is 0 Å². The minimum Gasteiger partial charge on any atom is -0.323 e. The number of anilines is 1. The van der Waals surface area contributed by atoms with E-state index in [1.165, 1.54) is 28.9 Å². The Labute approximate surface area is 166 Å². The largest absolute Gasteiger partial charge is 0.323 e. The molecular weight excluding hydrogens is 376 g/mol. The van der Waals surface area contributed by atoms with Crippen molar-refractivity contribution < 1.29 is 13.2 Å². The van der Waals surface area contributed by atoms with Gasteiger partial charge in [-0.3, -0.25) is 9.48 Å². The molecule has 2 aromatic rings. The molecular formula is C20H26N4O3S. The zero-order valence-corrected chi connectivity index (χ0v) is 17.0. The lowest BCUT2D eigenvalue weighted by Gasteiger charge is -2.30. The van der Waals surface area contributed by atoms with Crippen LogP contribution in [0.15, 0.2) is 47.6 Å². The van der Waals surface area contributed by atoms with Crippen molar-refractivity contribution in [1.82, 2.24) is 14.1 Å². The van der Waals surface area contributed by atoms with Gasteiger partial charge in [0.05, 0.1) is 11.1 Å². The number of nitrogens with zero attached hydrogens (tertiary/aromatic N) is 3. The molecule has 1 aromatic carbocycles. The average Bonchev–Trinajstić information content (AvgIpc) is 3.12. The molecule has 1 N–H and O–H groups in total. The first-order valence-corrected chi connectivity index (χ1v) is 10.9. The molecule has 7 nitrogen and oxygen atoms in total. The van der Waals surface area contributed by atoms with Gasteiger partial charge in [-0.15, -0.1) is 0 Å². The number of rotatable bonds is 6. The second-order valence-corrected chi connectivity index (χ2v) is 9.10. The maximum atomic E-state index is 12.8. The van der Waals surface area contributed by atoms with Gasteiger partial charge < -0.3 is 5.32 Å². The molecule has 3 rings (SSSR count). The summed E-state index contributed by atoms with van der Waals surface area (Å²) in [5.74, 6) is -0.293. The van der Waals surface area contributed by atoms with Crippen LogP contribution in [0, 0.1) is 0 Å². The summed E-state index contributed by atoms with van der Waals surface area (Å²) in [6.07, 6.45) is 11.7. The highest BCUT2D eigenvalue weighted by Crippen LogP contribution is 2.27. The van der Waals surface area contributed by atoms with Gasteiger partial charge in [0, 0.05) is 43.7 Å². The Bertz CT molecular complexity index is 942. The van der Waals surface area contributed by atoms with Crippen molar-refractivity contribution in [3.63, 3.8) is 0 Å². The Hall–Kier alpha value is -2.45. The molecule has 0 atom stereocenters. The van der Waals surface area contributed by atoms with Crippen molar-refractivity contribution in [2.24, 2.45) is 7.05 Å². The van der Waals surface area contributed by atoms with Crippen molar-refractivity contribution in [2.45, 2.75) is 43.0 Å². The molecule has 0 saturated heterocycles. The van der Waals surface area contributed by atoms with Crippen LogP contribution in [0.25, 0.3) is 6.08 Å². The smallest absolute Gasteiger partial charge is 0.248 e. The zero-order valence-electron chi connectivity index (χ0n) is 16.2. The van der Waals surface area contributed by atoms with E-state index >= 15 is 0 Å². The third-order valence-corrected chi connectivity index (χ3v) is 6.96. The molecule has 1 aromatic heterocycles. The van der Waals surface area contributed by atoms with E-state index in [-0.39, 0.29) is 16.8 Å². The molecule has 1 saturated carbocycles. The third kappa shape index (κ3) is 4.88. The van der Waals surface area contributed by atoms with Crippen molar-refractivity contribution >= 4 is 27.7 Å². The van der Waals surface area contributed by atoms with E-state index in [9.17, 15) is 13.2 Å². The monoisotopic (exact) mass is 402 g/mol. The molecule has 1 fully saturated rings. The van der Waals surface area contributed by atoms with E-state index in [1.54, 1.807) is 49.4 Å². The van der Waals surface area contributed by atoms with Gasteiger partial charge in [-0.05, 0) is 43.2 Å². The lowest BCUT2D eigenvalue weighted by Crippen LogP contribution is -2.38. The fraction of sp³-hybridized carbons (Fsp3) is 0.400. The minimum atomic E-state index is -3.53. The van der Waals surface area contributed by atoms with Crippen molar-refractivity contribution in [2.75, 3.05) is 12.4 Å². The van der Waals surface area contributed by atoms with Crippen molar-refractivity contribution in [3.05, 3.63) is 48.3 Å². The molecule has 0 unspecified atom stereocenters. The molecule has 28 heavy (non-hydrogen) atoms. The van der Waals surface area contributed by atoms with Gasteiger partial charge in [-0.25, -0.2) is 8.42 Å². The first-order chi connectivity index (χ1) is 13.4. The number of amides is 1. The number of aromatic nitrogens is 2. The quantitative estimate of drug-likeness (QED) is 0.753. The minimum absolute atomic E-state index is 0.0655. The van der Waals surface area contributed by atoms with Gasteiger partial charge in [0.2, 0.25) is 15.9 Å². The van der Waals surface area contributed by atoms with Crippen LogP contribution in [0.4, 0.5) is 5.69 Å². The van der Waals surface area contributed by atoms with Gasteiger partial charge in [-0.2, -0.15) is 9.40 Å². The predicted molar refractivity (Wildman–Crippen MR) is 109 cm³/mol. The second-order valence-electron chi connectivity index (χ2n) is 7.11. The first-order valence-electron chi connectivity index (χ1n) is 9.42. The number of sulfonamides is 1. The van der Waals surface area contributed by atoms with E-state index in [0.29, 0.717) is 5.69 Å². The van der Waals surface area contributed by atoms with E-state index in [1.807, 2.05) is 0 Å². The SMILES string of the molecule is CN(C1CCCCC1)S(=O)(=O)c1ccc(NC(=O)/C=C/c2cnn(C)c2)cc1. The maximum absolute atomic E-state index is 12.8. The number of hydrogen-bond acceptors (Lipinski definition) is 4. The van der Waals surface area contributed by atoms with Crippen LogP contribution in [0.1, 0.15) is 37.7 Å². The molecule has 1 heterocycles. The summed E-state index contributed by atoms with van der Waals surface area (Å²) in [5.41, 5.74) is 1.37. The molecule has 1 amide bonds. The van der Waals surface area contributed by atoms with Crippen LogP contribution in [-0.2, 0) is 21.9 Å². The van der Waals surface area contributed by atoms with Gasteiger partial charge in [0.25, 0.3) is 0 Å². The summed E-state index contributed by atoms with van der Waals surface area (Å²) in [5, 5.41) is 6.76. The summed E-state index contributed by atoms with van der Waals surface area (Å²) in [7, 11) is -0.0691. The summed E-state index contributed by atoms with van der Waals surface area (Å²) in [6, 6.07) is 6.36. The lowest BCUT2D eigenvalue weighted by atomic mass is 9.96. The standard InChI is InChI=1S/C20H26N4O3S/c1-23-15-16(14-21-23)8-13-20(25)22-17-9-11-19(12-10-17)28(26,27)24(2)18-6-4-3-5-7-18/h8-15,18H,3-7H2,1-2H3,(H,22,25)/b13-8+. The number of benzene rings is 1. The summed E-state index contributed by atoms with van der Waals surface area (Å²) >= 11 is 0. The number of carbonyl (C=O) groups is 1. The Morgan fingerprint density at radius 2 is 1.89 bits per heavy atom. The molecule has 150 valence electrons. The van der Waals surface area contributed by atoms with Gasteiger partial charge >= 0.3 is 0 Å². The van der Waals surface area contributed by atoms with E-state index in [2.05, 4.69) is 10.4 Å². The van der Waals surface area contributed by atoms with E-state index in [0.717, 1.165) is 31.2 Å².